The van der Waals surface area contributed by atoms with Crippen molar-refractivity contribution in [3.63, 3.8) is 0 Å². The fourth-order valence-electron chi connectivity index (χ4n) is 3.42. The number of aromatic nitrogens is 2. The second kappa shape index (κ2) is 7.59. The fraction of sp³-hybridized carbons (Fsp3) is 0.368. The van der Waals surface area contributed by atoms with Gasteiger partial charge in [0, 0.05) is 28.0 Å². The number of piperidine rings is 1. The van der Waals surface area contributed by atoms with Gasteiger partial charge in [-0.05, 0) is 57.0 Å². The van der Waals surface area contributed by atoms with E-state index in [9.17, 15) is 8.42 Å². The van der Waals surface area contributed by atoms with E-state index in [-0.39, 0.29) is 6.04 Å². The highest BCUT2D eigenvalue weighted by Crippen LogP contribution is 2.36. The van der Waals surface area contributed by atoms with Crippen LogP contribution in [0.15, 0.2) is 39.8 Å². The van der Waals surface area contributed by atoms with E-state index in [2.05, 4.69) is 10.1 Å². The number of benzene rings is 1. The Bertz CT molecular complexity index is 1090. The van der Waals surface area contributed by atoms with Gasteiger partial charge in [-0.3, -0.25) is 0 Å². The molecule has 28 heavy (non-hydrogen) atoms. The minimum Gasteiger partial charge on any atom is -0.333 e. The molecule has 0 radical (unpaired) electrons. The summed E-state index contributed by atoms with van der Waals surface area (Å²) in [5, 5.41) is 4.64. The molecule has 1 aliphatic heterocycles. The molecule has 148 valence electrons. The van der Waals surface area contributed by atoms with E-state index in [0.717, 1.165) is 29.7 Å². The lowest BCUT2D eigenvalue weighted by molar-refractivity contribution is 0.268. The summed E-state index contributed by atoms with van der Waals surface area (Å²) >= 11 is 7.26. The van der Waals surface area contributed by atoms with Gasteiger partial charge in [-0.15, -0.1) is 11.3 Å². The maximum atomic E-state index is 13.2. The Morgan fingerprint density at radius 3 is 2.71 bits per heavy atom. The number of sulfonamides is 1. The van der Waals surface area contributed by atoms with Gasteiger partial charge < -0.3 is 4.52 Å². The lowest BCUT2D eigenvalue weighted by Crippen LogP contribution is -2.41. The van der Waals surface area contributed by atoms with Crippen LogP contribution in [-0.4, -0.2) is 35.5 Å². The first-order valence-corrected chi connectivity index (χ1v) is 11.7. The summed E-state index contributed by atoms with van der Waals surface area (Å²) in [4.78, 5) is 6.12. The minimum atomic E-state index is -3.54. The van der Waals surface area contributed by atoms with Crippen molar-refractivity contribution in [3.05, 3.63) is 40.2 Å². The first-order valence-electron chi connectivity index (χ1n) is 9.08. The average Bonchev–Trinajstić information content (AvgIpc) is 3.30. The normalized spacial score (nSPS) is 18.5. The molecule has 0 bridgehead atoms. The Kier molecular flexibility index (Phi) is 5.30. The molecule has 1 fully saturated rings. The zero-order valence-electron chi connectivity index (χ0n) is 15.6. The molecule has 0 amide bonds. The number of hydrogen-bond donors (Lipinski definition) is 0. The van der Waals surface area contributed by atoms with Crippen LogP contribution < -0.4 is 0 Å². The van der Waals surface area contributed by atoms with Crippen LogP contribution >= 0.6 is 22.9 Å². The van der Waals surface area contributed by atoms with Gasteiger partial charge in [-0.1, -0.05) is 23.2 Å². The Balaban J connectivity index is 1.66. The van der Waals surface area contributed by atoms with E-state index in [1.54, 1.807) is 22.5 Å². The molecule has 0 spiro atoms. The second-order valence-corrected chi connectivity index (χ2v) is 10.5. The summed E-state index contributed by atoms with van der Waals surface area (Å²) in [6.07, 6.45) is 2.85. The first-order chi connectivity index (χ1) is 13.4. The third-order valence-electron chi connectivity index (χ3n) is 4.94. The number of halogens is 1. The zero-order chi connectivity index (χ0) is 19.9. The van der Waals surface area contributed by atoms with Crippen molar-refractivity contribution in [1.29, 1.82) is 0 Å². The van der Waals surface area contributed by atoms with E-state index in [1.165, 1.54) is 11.3 Å². The van der Waals surface area contributed by atoms with Crippen molar-refractivity contribution in [2.45, 2.75) is 44.0 Å². The number of nitrogens with zero attached hydrogens (tertiary/aromatic N) is 3. The molecule has 4 rings (SSSR count). The Hall–Kier alpha value is -1.74. The molecule has 0 unspecified atom stereocenters. The predicted molar refractivity (Wildman–Crippen MR) is 110 cm³/mol. The maximum absolute atomic E-state index is 13.2. The fourth-order valence-corrected chi connectivity index (χ4v) is 6.73. The molecule has 2 aromatic heterocycles. The predicted octanol–water partition coefficient (Wildman–Crippen LogP) is 4.99. The molecule has 3 aromatic rings. The maximum Gasteiger partial charge on any atom is 0.268 e. The molecule has 6 nitrogen and oxygen atoms in total. The molecule has 1 aromatic carbocycles. The summed E-state index contributed by atoms with van der Waals surface area (Å²) in [5.74, 6) is 0.748. The molecule has 9 heteroatoms. The third kappa shape index (κ3) is 3.61. The lowest BCUT2D eigenvalue weighted by Gasteiger charge is -2.32. The van der Waals surface area contributed by atoms with E-state index >= 15 is 0 Å². The summed E-state index contributed by atoms with van der Waals surface area (Å²) in [6.45, 7) is 4.34. The van der Waals surface area contributed by atoms with Crippen LogP contribution in [0.1, 0.15) is 31.1 Å². The van der Waals surface area contributed by atoms with Crippen molar-refractivity contribution in [2.75, 3.05) is 6.54 Å². The quantitative estimate of drug-likeness (QED) is 0.574. The van der Waals surface area contributed by atoms with E-state index < -0.39 is 10.0 Å². The van der Waals surface area contributed by atoms with E-state index in [4.69, 9.17) is 16.1 Å². The van der Waals surface area contributed by atoms with Crippen LogP contribution in [0.5, 0.6) is 0 Å². The standard InChI is InChI=1S/C19H20ClN3O3S2/c1-12-5-3-4-10-23(12)28(24,25)17-11-16(27-13(17)2)19-21-18(22-26-19)14-6-8-15(20)9-7-14/h6-9,11-12H,3-5,10H2,1-2H3/t12-/m0/s1. The Morgan fingerprint density at radius 1 is 1.25 bits per heavy atom. The highest BCUT2D eigenvalue weighted by Gasteiger charge is 2.33. The SMILES string of the molecule is Cc1sc(-c2nc(-c3ccc(Cl)cc3)no2)cc1S(=O)(=O)N1CCCC[C@@H]1C. The van der Waals surface area contributed by atoms with Gasteiger partial charge in [0.25, 0.3) is 5.89 Å². The smallest absolute Gasteiger partial charge is 0.268 e. The molecule has 0 aliphatic carbocycles. The van der Waals surface area contributed by atoms with Crippen LogP contribution in [0.3, 0.4) is 0 Å². The lowest BCUT2D eigenvalue weighted by atomic mass is 10.1. The first kappa shape index (κ1) is 19.6. The van der Waals surface area contributed by atoms with Gasteiger partial charge in [0.1, 0.15) is 0 Å². The van der Waals surface area contributed by atoms with E-state index in [0.29, 0.717) is 33.1 Å². The van der Waals surface area contributed by atoms with Gasteiger partial charge in [-0.25, -0.2) is 8.42 Å². The molecular formula is C19H20ClN3O3S2. The molecule has 0 N–H and O–H groups in total. The number of aryl methyl sites for hydroxylation is 1. The minimum absolute atomic E-state index is 0.0152. The molecule has 3 heterocycles. The summed E-state index contributed by atoms with van der Waals surface area (Å²) in [5.41, 5.74) is 0.780. The Labute approximate surface area is 173 Å². The van der Waals surface area contributed by atoms with Crippen LogP contribution in [0, 0.1) is 6.92 Å². The van der Waals surface area contributed by atoms with Crippen molar-refractivity contribution in [3.8, 4) is 22.2 Å². The highest BCUT2D eigenvalue weighted by molar-refractivity contribution is 7.89. The van der Waals surface area contributed by atoms with Gasteiger partial charge in [-0.2, -0.15) is 9.29 Å². The van der Waals surface area contributed by atoms with E-state index in [1.807, 2.05) is 26.0 Å². The van der Waals surface area contributed by atoms with Gasteiger partial charge >= 0.3 is 0 Å². The van der Waals surface area contributed by atoms with Crippen molar-refractivity contribution in [2.24, 2.45) is 0 Å². The van der Waals surface area contributed by atoms with Crippen molar-refractivity contribution in [1.82, 2.24) is 14.4 Å². The monoisotopic (exact) mass is 437 g/mol. The Morgan fingerprint density at radius 2 is 2.00 bits per heavy atom. The molecule has 1 saturated heterocycles. The van der Waals surface area contributed by atoms with Crippen LogP contribution in [0.2, 0.25) is 5.02 Å². The highest BCUT2D eigenvalue weighted by atomic mass is 35.5. The summed E-state index contributed by atoms with van der Waals surface area (Å²) in [6, 6.07) is 8.80. The van der Waals surface area contributed by atoms with Gasteiger partial charge in [0.05, 0.1) is 9.77 Å². The van der Waals surface area contributed by atoms with Crippen molar-refractivity contribution < 1.29 is 12.9 Å². The largest absolute Gasteiger partial charge is 0.333 e. The second-order valence-electron chi connectivity index (χ2n) is 6.92. The molecule has 0 saturated carbocycles. The number of thiophene rings is 1. The summed E-state index contributed by atoms with van der Waals surface area (Å²) < 4.78 is 33.4. The number of rotatable bonds is 4. The number of hydrogen-bond acceptors (Lipinski definition) is 6. The van der Waals surface area contributed by atoms with Crippen LogP contribution in [-0.2, 0) is 10.0 Å². The van der Waals surface area contributed by atoms with Crippen LogP contribution in [0.25, 0.3) is 22.2 Å². The average molecular weight is 438 g/mol. The summed E-state index contributed by atoms with van der Waals surface area (Å²) in [7, 11) is -3.54. The molecular weight excluding hydrogens is 418 g/mol. The zero-order valence-corrected chi connectivity index (χ0v) is 17.9. The van der Waals surface area contributed by atoms with Crippen LogP contribution in [0.4, 0.5) is 0 Å². The van der Waals surface area contributed by atoms with Gasteiger partial charge in [0.2, 0.25) is 15.8 Å². The van der Waals surface area contributed by atoms with Gasteiger partial charge in [0.15, 0.2) is 0 Å². The third-order valence-corrected chi connectivity index (χ3v) is 8.50. The molecule has 1 atom stereocenters. The molecule has 1 aliphatic rings. The topological polar surface area (TPSA) is 76.3 Å². The van der Waals surface area contributed by atoms with Crippen molar-refractivity contribution >= 4 is 33.0 Å².